The van der Waals surface area contributed by atoms with Crippen LogP contribution in [-0.4, -0.2) is 86.3 Å². The van der Waals surface area contributed by atoms with Crippen LogP contribution < -0.4 is 5.32 Å². The van der Waals surface area contributed by atoms with Gasteiger partial charge >= 0.3 is 0 Å². The molecule has 3 rings (SSSR count). The number of nitrogens with zero attached hydrogens (tertiary/aromatic N) is 3. The lowest BCUT2D eigenvalue weighted by atomic mass is 9.98. The Morgan fingerprint density at radius 1 is 1.06 bits per heavy atom. The van der Waals surface area contributed by atoms with Gasteiger partial charge in [0, 0.05) is 64.3 Å². The molecule has 2 atom stereocenters. The molecule has 0 aromatic heterocycles. The van der Waals surface area contributed by atoms with Gasteiger partial charge in [-0.3, -0.25) is 9.69 Å². The first-order valence-corrected chi connectivity index (χ1v) is 14.0. The fourth-order valence-corrected chi connectivity index (χ4v) is 6.39. The van der Waals surface area contributed by atoms with Crippen LogP contribution in [0.15, 0.2) is 29.2 Å². The van der Waals surface area contributed by atoms with E-state index in [1.807, 2.05) is 17.0 Å². The number of hydrogen-bond donors (Lipinski definition) is 1. The average molecular weight is 479 g/mol. The van der Waals surface area contributed by atoms with Gasteiger partial charge in [-0.15, -0.1) is 0 Å². The maximum Gasteiger partial charge on any atom is 0.243 e. The van der Waals surface area contributed by atoms with Crippen molar-refractivity contribution in [2.24, 2.45) is 0 Å². The Bertz CT molecular complexity index is 856. The molecule has 2 aliphatic heterocycles. The lowest BCUT2D eigenvalue weighted by molar-refractivity contribution is -0.131. The summed E-state index contributed by atoms with van der Waals surface area (Å²) in [6, 6.07) is 8.12. The molecule has 1 N–H and O–H groups in total. The molecule has 2 fully saturated rings. The first kappa shape index (κ1) is 26.1. The van der Waals surface area contributed by atoms with E-state index in [0.717, 1.165) is 31.5 Å². The minimum atomic E-state index is -3.68. The molecule has 7 nitrogen and oxygen atoms in total. The Morgan fingerprint density at radius 3 is 2.24 bits per heavy atom. The normalized spacial score (nSPS) is 22.8. The zero-order valence-corrected chi connectivity index (χ0v) is 21.6. The van der Waals surface area contributed by atoms with Gasteiger partial charge < -0.3 is 10.2 Å². The summed E-state index contributed by atoms with van der Waals surface area (Å²) in [6.45, 7) is 12.9. The smallest absolute Gasteiger partial charge is 0.243 e. The molecule has 1 aromatic rings. The molecular formula is C25H42N4O3S. The van der Waals surface area contributed by atoms with Crippen molar-refractivity contribution in [2.75, 3.05) is 45.8 Å². The SMILES string of the molecule is CC(C)c1ccc(S(=O)(=O)N(CCC(=O)N2CCNCC2)CCN2[C@H](C)CCC[C@H]2C)cc1. The Morgan fingerprint density at radius 2 is 1.67 bits per heavy atom. The number of sulfonamides is 1. The fraction of sp³-hybridized carbons (Fsp3) is 0.720. The summed E-state index contributed by atoms with van der Waals surface area (Å²) in [7, 11) is -3.68. The average Bonchev–Trinajstić information content (AvgIpc) is 2.80. The second-order valence-corrected chi connectivity index (χ2v) is 11.8. The van der Waals surface area contributed by atoms with E-state index in [1.165, 1.54) is 10.7 Å². The van der Waals surface area contributed by atoms with Crippen LogP contribution in [0.3, 0.4) is 0 Å². The predicted molar refractivity (Wildman–Crippen MR) is 133 cm³/mol. The van der Waals surface area contributed by atoms with Gasteiger partial charge in [-0.25, -0.2) is 8.42 Å². The van der Waals surface area contributed by atoms with E-state index in [-0.39, 0.29) is 18.9 Å². The highest BCUT2D eigenvalue weighted by molar-refractivity contribution is 7.89. The zero-order valence-electron chi connectivity index (χ0n) is 20.8. The highest BCUT2D eigenvalue weighted by atomic mass is 32.2. The molecule has 0 spiro atoms. The van der Waals surface area contributed by atoms with Gasteiger partial charge in [-0.1, -0.05) is 32.4 Å². The highest BCUT2D eigenvalue weighted by Gasteiger charge is 2.30. The summed E-state index contributed by atoms with van der Waals surface area (Å²) in [5.41, 5.74) is 1.12. The minimum Gasteiger partial charge on any atom is -0.340 e. The second-order valence-electron chi connectivity index (χ2n) is 9.88. The summed E-state index contributed by atoms with van der Waals surface area (Å²) in [6.07, 6.45) is 3.74. The number of carbonyl (C=O) groups excluding carboxylic acids is 1. The van der Waals surface area contributed by atoms with Crippen LogP contribution in [0.4, 0.5) is 0 Å². The molecule has 0 unspecified atom stereocenters. The number of benzene rings is 1. The summed E-state index contributed by atoms with van der Waals surface area (Å²) < 4.78 is 28.8. The molecule has 0 saturated carbocycles. The molecular weight excluding hydrogens is 436 g/mol. The Labute approximate surface area is 200 Å². The Hall–Kier alpha value is -1.48. The number of amides is 1. The van der Waals surface area contributed by atoms with E-state index in [9.17, 15) is 13.2 Å². The summed E-state index contributed by atoms with van der Waals surface area (Å²) in [5.74, 6) is 0.378. The van der Waals surface area contributed by atoms with Crippen molar-refractivity contribution in [3.63, 3.8) is 0 Å². The van der Waals surface area contributed by atoms with Crippen LogP contribution >= 0.6 is 0 Å². The van der Waals surface area contributed by atoms with Gasteiger partial charge in [0.1, 0.15) is 0 Å². The third kappa shape index (κ3) is 6.78. The van der Waals surface area contributed by atoms with Crippen molar-refractivity contribution in [3.8, 4) is 0 Å². The maximum absolute atomic E-state index is 13.6. The van der Waals surface area contributed by atoms with Gasteiger partial charge in [0.25, 0.3) is 0 Å². The van der Waals surface area contributed by atoms with Crippen LogP contribution in [0.2, 0.25) is 0 Å². The van der Waals surface area contributed by atoms with E-state index >= 15 is 0 Å². The Balaban J connectivity index is 1.74. The van der Waals surface area contributed by atoms with Gasteiger partial charge in [0.2, 0.25) is 15.9 Å². The number of carbonyl (C=O) groups is 1. The van der Waals surface area contributed by atoms with Crippen molar-refractivity contribution >= 4 is 15.9 Å². The van der Waals surface area contributed by atoms with Gasteiger partial charge in [-0.2, -0.15) is 4.31 Å². The van der Waals surface area contributed by atoms with E-state index in [2.05, 4.69) is 37.9 Å². The molecule has 2 aliphatic rings. The Kier molecular flexibility index (Phi) is 9.33. The maximum atomic E-state index is 13.6. The molecule has 1 amide bonds. The van der Waals surface area contributed by atoms with Crippen molar-refractivity contribution in [1.82, 2.24) is 19.4 Å². The molecule has 186 valence electrons. The molecule has 2 saturated heterocycles. The first-order chi connectivity index (χ1) is 15.7. The topological polar surface area (TPSA) is 73.0 Å². The lowest BCUT2D eigenvalue weighted by Crippen LogP contribution is -2.49. The van der Waals surface area contributed by atoms with Gasteiger partial charge in [-0.05, 0) is 50.3 Å². The summed E-state index contributed by atoms with van der Waals surface area (Å²) in [4.78, 5) is 17.3. The quantitative estimate of drug-likeness (QED) is 0.591. The predicted octanol–water partition coefficient (Wildman–Crippen LogP) is 2.89. The molecule has 0 radical (unpaired) electrons. The van der Waals surface area contributed by atoms with Crippen molar-refractivity contribution in [2.45, 2.75) is 76.3 Å². The van der Waals surface area contributed by atoms with Crippen LogP contribution in [0, 0.1) is 0 Å². The number of piperidine rings is 1. The molecule has 1 aromatic carbocycles. The molecule has 8 heteroatoms. The number of nitrogens with one attached hydrogen (secondary N) is 1. The standard InChI is InChI=1S/C25H42N4O3S/c1-20(2)23-8-10-24(11-9-23)33(31,32)28(15-12-25(30)27-16-13-26-14-17-27)18-19-29-21(3)6-5-7-22(29)4/h8-11,20-22,26H,5-7,12-19H2,1-4H3/t21-,22-/m1/s1. The lowest BCUT2D eigenvalue weighted by Gasteiger charge is -2.40. The van der Waals surface area contributed by atoms with E-state index in [4.69, 9.17) is 0 Å². The molecule has 2 heterocycles. The summed E-state index contributed by atoms with van der Waals surface area (Å²) >= 11 is 0. The number of piperazine rings is 1. The largest absolute Gasteiger partial charge is 0.340 e. The first-order valence-electron chi connectivity index (χ1n) is 12.5. The number of hydrogen-bond acceptors (Lipinski definition) is 5. The van der Waals surface area contributed by atoms with Crippen molar-refractivity contribution in [1.29, 1.82) is 0 Å². The molecule has 0 bridgehead atoms. The van der Waals surface area contributed by atoms with Crippen LogP contribution in [-0.2, 0) is 14.8 Å². The van der Waals surface area contributed by atoms with Crippen molar-refractivity contribution in [3.05, 3.63) is 29.8 Å². The number of rotatable bonds is 9. The van der Waals surface area contributed by atoms with Gasteiger partial charge in [0.15, 0.2) is 0 Å². The highest BCUT2D eigenvalue weighted by Crippen LogP contribution is 2.24. The monoisotopic (exact) mass is 478 g/mol. The number of likely N-dealkylation sites (tertiary alicyclic amines) is 1. The zero-order chi connectivity index (χ0) is 24.0. The third-order valence-corrected chi connectivity index (χ3v) is 9.13. The second kappa shape index (κ2) is 11.8. The van der Waals surface area contributed by atoms with E-state index in [1.54, 1.807) is 12.1 Å². The molecule has 33 heavy (non-hydrogen) atoms. The minimum absolute atomic E-state index is 0.0339. The molecule has 0 aliphatic carbocycles. The van der Waals surface area contributed by atoms with Gasteiger partial charge in [0.05, 0.1) is 4.90 Å². The van der Waals surface area contributed by atoms with E-state index < -0.39 is 10.0 Å². The van der Waals surface area contributed by atoms with Crippen molar-refractivity contribution < 1.29 is 13.2 Å². The fourth-order valence-electron chi connectivity index (χ4n) is 4.96. The third-order valence-electron chi connectivity index (χ3n) is 7.21. The van der Waals surface area contributed by atoms with Crippen LogP contribution in [0.1, 0.15) is 64.9 Å². The van der Waals surface area contributed by atoms with E-state index in [0.29, 0.717) is 49.1 Å². The van der Waals surface area contributed by atoms with Crippen LogP contribution in [0.5, 0.6) is 0 Å². The van der Waals surface area contributed by atoms with Crippen LogP contribution in [0.25, 0.3) is 0 Å². The summed E-state index contributed by atoms with van der Waals surface area (Å²) in [5, 5.41) is 3.25.